The molecule has 7 nitrogen and oxygen atoms in total. The van der Waals surface area contributed by atoms with Crippen LogP contribution < -0.4 is 10.0 Å². The van der Waals surface area contributed by atoms with Gasteiger partial charge in [-0.2, -0.15) is 0 Å². The van der Waals surface area contributed by atoms with Gasteiger partial charge in [0.1, 0.15) is 5.69 Å². The van der Waals surface area contributed by atoms with Crippen molar-refractivity contribution in [2.45, 2.75) is 31.2 Å². The van der Waals surface area contributed by atoms with Crippen LogP contribution in [0.2, 0.25) is 0 Å². The smallest absolute Gasteiger partial charge is 0.293 e. The number of nitro groups is 1. The van der Waals surface area contributed by atoms with E-state index in [1.807, 2.05) is 30.3 Å². The number of nitro benzene ring substituents is 1. The zero-order valence-corrected chi connectivity index (χ0v) is 15.8. The van der Waals surface area contributed by atoms with Crippen molar-refractivity contribution in [3.63, 3.8) is 0 Å². The molecule has 0 aliphatic heterocycles. The van der Waals surface area contributed by atoms with Crippen LogP contribution in [0.25, 0.3) is 0 Å². The summed E-state index contributed by atoms with van der Waals surface area (Å²) in [4.78, 5) is 10.8. The molecule has 140 valence electrons. The van der Waals surface area contributed by atoms with Crippen LogP contribution in [0.3, 0.4) is 0 Å². The molecule has 2 N–H and O–H groups in total. The van der Waals surface area contributed by atoms with E-state index in [1.165, 1.54) is 19.2 Å². The third kappa shape index (κ3) is 4.80. The maximum Gasteiger partial charge on any atom is 0.293 e. The molecule has 0 spiro atoms. The van der Waals surface area contributed by atoms with Crippen molar-refractivity contribution in [1.82, 2.24) is 4.72 Å². The van der Waals surface area contributed by atoms with E-state index in [0.29, 0.717) is 11.6 Å². The number of nitrogens with one attached hydrogen (secondary N) is 2. The van der Waals surface area contributed by atoms with Crippen LogP contribution >= 0.6 is 0 Å². The zero-order chi connectivity index (χ0) is 19.3. The Morgan fingerprint density at radius 2 is 1.77 bits per heavy atom. The molecule has 0 bridgehead atoms. The molecular weight excluding hydrogens is 354 g/mol. The second kappa shape index (κ2) is 8.29. The number of hydrogen-bond donors (Lipinski definition) is 2. The van der Waals surface area contributed by atoms with Gasteiger partial charge in [-0.15, -0.1) is 0 Å². The van der Waals surface area contributed by atoms with Crippen molar-refractivity contribution in [2.75, 3.05) is 12.4 Å². The molecule has 0 aliphatic carbocycles. The van der Waals surface area contributed by atoms with Gasteiger partial charge in [0.15, 0.2) is 0 Å². The number of nitrogens with zero attached hydrogens (tertiary/aromatic N) is 1. The molecule has 0 amide bonds. The molecule has 0 aromatic heterocycles. The Labute approximate surface area is 153 Å². The molecule has 2 rings (SSSR count). The van der Waals surface area contributed by atoms with Gasteiger partial charge in [0.2, 0.25) is 10.0 Å². The Morgan fingerprint density at radius 3 is 2.31 bits per heavy atom. The van der Waals surface area contributed by atoms with Gasteiger partial charge in [0, 0.05) is 6.07 Å². The second-order valence-corrected chi connectivity index (χ2v) is 8.27. The molecule has 0 radical (unpaired) electrons. The van der Waals surface area contributed by atoms with E-state index in [0.717, 1.165) is 18.1 Å². The predicted octanol–water partition coefficient (Wildman–Crippen LogP) is 3.70. The Hall–Kier alpha value is -2.45. The fraction of sp³-hybridized carbons (Fsp3) is 0.333. The standard InChI is InChI=1S/C18H23N3O4S/c1-13(2)11-17(14-7-5-4-6-8-14)20-16-10-9-15(26(24,25)19-3)12-18(16)21(22)23/h4-10,12-13,17,19-20H,11H2,1-3H3/t17-/m0/s1. The van der Waals surface area contributed by atoms with E-state index in [-0.39, 0.29) is 16.6 Å². The summed E-state index contributed by atoms with van der Waals surface area (Å²) < 4.78 is 26.0. The lowest BCUT2D eigenvalue weighted by molar-refractivity contribution is -0.384. The van der Waals surface area contributed by atoms with Crippen molar-refractivity contribution in [3.8, 4) is 0 Å². The van der Waals surface area contributed by atoms with Crippen LogP contribution in [0, 0.1) is 16.0 Å². The van der Waals surface area contributed by atoms with Crippen molar-refractivity contribution in [1.29, 1.82) is 0 Å². The number of benzene rings is 2. The van der Waals surface area contributed by atoms with E-state index in [1.54, 1.807) is 0 Å². The molecule has 0 saturated carbocycles. The van der Waals surface area contributed by atoms with Gasteiger partial charge in [-0.3, -0.25) is 10.1 Å². The molecule has 0 aliphatic rings. The Kier molecular flexibility index (Phi) is 6.33. The largest absolute Gasteiger partial charge is 0.373 e. The van der Waals surface area contributed by atoms with E-state index in [9.17, 15) is 18.5 Å². The van der Waals surface area contributed by atoms with Crippen molar-refractivity contribution >= 4 is 21.4 Å². The summed E-state index contributed by atoms with van der Waals surface area (Å²) in [6, 6.07) is 13.4. The second-order valence-electron chi connectivity index (χ2n) is 6.38. The lowest BCUT2D eigenvalue weighted by Gasteiger charge is -2.22. The SMILES string of the molecule is CNS(=O)(=O)c1ccc(N[C@@H](CC(C)C)c2ccccc2)c([N+](=O)[O-])c1. The average Bonchev–Trinajstić information content (AvgIpc) is 2.61. The summed E-state index contributed by atoms with van der Waals surface area (Å²) in [5, 5.41) is 14.7. The monoisotopic (exact) mass is 377 g/mol. The molecule has 2 aromatic rings. The quantitative estimate of drug-likeness (QED) is 0.539. The molecule has 8 heteroatoms. The molecule has 0 unspecified atom stereocenters. The molecule has 2 aromatic carbocycles. The summed E-state index contributed by atoms with van der Waals surface area (Å²) in [5.41, 5.74) is 1.04. The average molecular weight is 377 g/mol. The first kappa shape index (κ1) is 19.9. The van der Waals surface area contributed by atoms with Crippen LogP contribution in [0.4, 0.5) is 11.4 Å². The minimum Gasteiger partial charge on any atom is -0.373 e. The maximum atomic E-state index is 11.9. The van der Waals surface area contributed by atoms with Gasteiger partial charge in [0.25, 0.3) is 5.69 Å². The molecule has 1 atom stereocenters. The van der Waals surface area contributed by atoms with Crippen LogP contribution in [0.5, 0.6) is 0 Å². The van der Waals surface area contributed by atoms with Crippen molar-refractivity contribution in [2.24, 2.45) is 5.92 Å². The highest BCUT2D eigenvalue weighted by Gasteiger charge is 2.23. The highest BCUT2D eigenvalue weighted by Crippen LogP contribution is 2.33. The van der Waals surface area contributed by atoms with Gasteiger partial charge in [-0.25, -0.2) is 13.1 Å². The number of anilines is 1. The first-order valence-electron chi connectivity index (χ1n) is 8.28. The topological polar surface area (TPSA) is 101 Å². The van der Waals surface area contributed by atoms with Gasteiger partial charge < -0.3 is 5.32 Å². The molecule has 26 heavy (non-hydrogen) atoms. The minimum absolute atomic E-state index is 0.123. The lowest BCUT2D eigenvalue weighted by Crippen LogP contribution is -2.19. The van der Waals surface area contributed by atoms with Gasteiger partial charge >= 0.3 is 0 Å². The van der Waals surface area contributed by atoms with E-state index >= 15 is 0 Å². The fourth-order valence-electron chi connectivity index (χ4n) is 2.69. The summed E-state index contributed by atoms with van der Waals surface area (Å²) in [6.07, 6.45) is 0.776. The van der Waals surface area contributed by atoms with Crippen LogP contribution in [0.15, 0.2) is 53.4 Å². The van der Waals surface area contributed by atoms with Crippen molar-refractivity contribution in [3.05, 3.63) is 64.2 Å². The summed E-state index contributed by atoms with van der Waals surface area (Å²) >= 11 is 0. The molecule has 0 fully saturated rings. The first-order valence-corrected chi connectivity index (χ1v) is 9.76. The summed E-state index contributed by atoms with van der Waals surface area (Å²) in [7, 11) is -2.49. The molecular formula is C18H23N3O4S. The third-order valence-corrected chi connectivity index (χ3v) is 5.40. The zero-order valence-electron chi connectivity index (χ0n) is 15.0. The fourth-order valence-corrected chi connectivity index (χ4v) is 3.44. The summed E-state index contributed by atoms with van der Waals surface area (Å²) in [5.74, 6) is 0.371. The highest BCUT2D eigenvalue weighted by molar-refractivity contribution is 7.89. The Morgan fingerprint density at radius 1 is 1.12 bits per heavy atom. The number of rotatable bonds is 8. The molecule has 0 saturated heterocycles. The Balaban J connectivity index is 2.44. The maximum absolute atomic E-state index is 11.9. The minimum atomic E-state index is -3.75. The predicted molar refractivity (Wildman–Crippen MR) is 102 cm³/mol. The molecule has 0 heterocycles. The van der Waals surface area contributed by atoms with Crippen molar-refractivity contribution < 1.29 is 13.3 Å². The number of sulfonamides is 1. The van der Waals surface area contributed by atoms with Gasteiger partial charge in [-0.05, 0) is 37.1 Å². The van der Waals surface area contributed by atoms with Gasteiger partial charge in [0.05, 0.1) is 15.9 Å². The van der Waals surface area contributed by atoms with Crippen LogP contribution in [-0.4, -0.2) is 20.4 Å². The third-order valence-electron chi connectivity index (χ3n) is 3.98. The van der Waals surface area contributed by atoms with E-state index in [4.69, 9.17) is 0 Å². The van der Waals surface area contributed by atoms with Crippen LogP contribution in [0.1, 0.15) is 31.9 Å². The van der Waals surface area contributed by atoms with E-state index < -0.39 is 14.9 Å². The highest BCUT2D eigenvalue weighted by atomic mass is 32.2. The lowest BCUT2D eigenvalue weighted by atomic mass is 9.96. The van der Waals surface area contributed by atoms with E-state index in [2.05, 4.69) is 23.9 Å². The Bertz CT molecular complexity index is 867. The first-order chi connectivity index (χ1) is 12.2. The summed E-state index contributed by atoms with van der Waals surface area (Å²) in [6.45, 7) is 4.16. The normalized spacial score (nSPS) is 12.8. The van der Waals surface area contributed by atoms with Gasteiger partial charge in [-0.1, -0.05) is 44.2 Å². The van der Waals surface area contributed by atoms with Crippen LogP contribution in [-0.2, 0) is 10.0 Å². The number of hydrogen-bond acceptors (Lipinski definition) is 5.